The summed E-state index contributed by atoms with van der Waals surface area (Å²) in [6, 6.07) is 6.10. The lowest BCUT2D eigenvalue weighted by molar-refractivity contribution is -0.121. The van der Waals surface area contributed by atoms with Gasteiger partial charge in [0.1, 0.15) is 5.60 Å². The predicted octanol–water partition coefficient (Wildman–Crippen LogP) is 2.69. The summed E-state index contributed by atoms with van der Waals surface area (Å²) >= 11 is 0. The number of amides is 2. The van der Waals surface area contributed by atoms with Crippen molar-refractivity contribution >= 4 is 18.0 Å². The van der Waals surface area contributed by atoms with Gasteiger partial charge in [-0.3, -0.25) is 4.79 Å². The number of alkyl carbamates (subject to hydrolysis) is 1. The predicted molar refractivity (Wildman–Crippen MR) is 95.7 cm³/mol. The van der Waals surface area contributed by atoms with Gasteiger partial charge in [0.2, 0.25) is 5.91 Å². The summed E-state index contributed by atoms with van der Waals surface area (Å²) in [6.45, 7) is 5.69. The molecule has 142 valence electrons. The van der Waals surface area contributed by atoms with Crippen molar-refractivity contribution in [3.63, 3.8) is 0 Å². The summed E-state index contributed by atoms with van der Waals surface area (Å²) in [5.74, 6) is -0.843. The third kappa shape index (κ3) is 6.74. The molecular formula is C19H26N2O5. The van der Waals surface area contributed by atoms with E-state index in [0.29, 0.717) is 12.5 Å². The maximum atomic E-state index is 12.2. The Morgan fingerprint density at radius 1 is 1.19 bits per heavy atom. The lowest BCUT2D eigenvalue weighted by Crippen LogP contribution is -2.43. The maximum absolute atomic E-state index is 12.2. The van der Waals surface area contributed by atoms with Gasteiger partial charge in [-0.1, -0.05) is 12.1 Å². The highest BCUT2D eigenvalue weighted by Crippen LogP contribution is 2.34. The second-order valence-corrected chi connectivity index (χ2v) is 7.57. The van der Waals surface area contributed by atoms with Crippen LogP contribution in [0.1, 0.15) is 56.0 Å². The summed E-state index contributed by atoms with van der Waals surface area (Å²) in [7, 11) is 0. The number of rotatable bonds is 7. The summed E-state index contributed by atoms with van der Waals surface area (Å²) < 4.78 is 5.26. The zero-order chi connectivity index (χ0) is 19.3. The molecule has 26 heavy (non-hydrogen) atoms. The molecule has 7 nitrogen and oxygen atoms in total. The van der Waals surface area contributed by atoms with Gasteiger partial charge in [-0.2, -0.15) is 0 Å². The number of carboxylic acid groups (broad SMARTS) is 1. The molecule has 0 heterocycles. The molecule has 2 amide bonds. The first kappa shape index (κ1) is 19.8. The highest BCUT2D eigenvalue weighted by molar-refractivity contribution is 5.87. The van der Waals surface area contributed by atoms with Crippen molar-refractivity contribution in [2.75, 3.05) is 0 Å². The second-order valence-electron chi connectivity index (χ2n) is 7.57. The van der Waals surface area contributed by atoms with Gasteiger partial charge < -0.3 is 20.5 Å². The smallest absolute Gasteiger partial charge is 0.407 e. The van der Waals surface area contributed by atoms with Crippen molar-refractivity contribution < 1.29 is 24.2 Å². The fourth-order valence-electron chi connectivity index (χ4n) is 2.53. The van der Waals surface area contributed by atoms with Crippen molar-refractivity contribution in [2.24, 2.45) is 5.92 Å². The number of benzene rings is 1. The molecule has 1 saturated carbocycles. The number of ether oxygens (including phenoxy) is 1. The standard InChI is InChI=1S/C19H26N2O5/c1-19(2,3)26-18(25)21-15(13-8-9-13)10-16(22)20-11-12-4-6-14(7-5-12)17(23)24/h4-7,13,15H,8-11H2,1-3H3,(H,20,22)(H,21,25)(H,23,24). The van der Waals surface area contributed by atoms with E-state index in [4.69, 9.17) is 9.84 Å². The molecule has 7 heteroatoms. The Bertz CT molecular complexity index is 660. The molecule has 1 aromatic carbocycles. The van der Waals surface area contributed by atoms with Gasteiger partial charge in [-0.15, -0.1) is 0 Å². The summed E-state index contributed by atoms with van der Waals surface area (Å²) in [5, 5.41) is 14.5. The van der Waals surface area contributed by atoms with E-state index in [1.54, 1.807) is 32.9 Å². The third-order valence-electron chi connectivity index (χ3n) is 3.99. The minimum Gasteiger partial charge on any atom is -0.478 e. The van der Waals surface area contributed by atoms with Gasteiger partial charge in [-0.25, -0.2) is 9.59 Å². The highest BCUT2D eigenvalue weighted by Gasteiger charge is 2.34. The molecule has 0 radical (unpaired) electrons. The molecule has 0 spiro atoms. The van der Waals surface area contributed by atoms with E-state index in [1.807, 2.05) is 0 Å². The van der Waals surface area contributed by atoms with E-state index in [-0.39, 0.29) is 23.9 Å². The fraction of sp³-hybridized carbons (Fsp3) is 0.526. The lowest BCUT2D eigenvalue weighted by atomic mass is 10.1. The molecular weight excluding hydrogens is 336 g/mol. The number of carbonyl (C=O) groups excluding carboxylic acids is 2. The number of nitrogens with one attached hydrogen (secondary N) is 2. The van der Waals surface area contributed by atoms with Crippen LogP contribution in [-0.2, 0) is 16.1 Å². The van der Waals surface area contributed by atoms with E-state index in [9.17, 15) is 14.4 Å². The van der Waals surface area contributed by atoms with Crippen LogP contribution in [0, 0.1) is 5.92 Å². The molecule has 1 atom stereocenters. The highest BCUT2D eigenvalue weighted by atomic mass is 16.6. The van der Waals surface area contributed by atoms with Gasteiger partial charge in [0.15, 0.2) is 0 Å². The number of hydrogen-bond donors (Lipinski definition) is 3. The largest absolute Gasteiger partial charge is 0.478 e. The molecule has 1 aliphatic rings. The Hall–Kier alpha value is -2.57. The molecule has 0 saturated heterocycles. The van der Waals surface area contributed by atoms with Crippen LogP contribution in [0.3, 0.4) is 0 Å². The van der Waals surface area contributed by atoms with E-state index < -0.39 is 17.7 Å². The van der Waals surface area contributed by atoms with Crippen LogP contribution in [0.15, 0.2) is 24.3 Å². The Labute approximate surface area is 153 Å². The molecule has 0 bridgehead atoms. The SMILES string of the molecule is CC(C)(C)OC(=O)NC(CC(=O)NCc1ccc(C(=O)O)cc1)C1CC1. The monoisotopic (exact) mass is 362 g/mol. The first-order chi connectivity index (χ1) is 12.1. The Morgan fingerprint density at radius 3 is 2.31 bits per heavy atom. The van der Waals surface area contributed by atoms with E-state index in [2.05, 4.69) is 10.6 Å². The molecule has 3 N–H and O–H groups in total. The second kappa shape index (κ2) is 8.21. The van der Waals surface area contributed by atoms with Gasteiger partial charge in [-0.05, 0) is 57.2 Å². The number of carbonyl (C=O) groups is 3. The molecule has 1 fully saturated rings. The fourth-order valence-corrected chi connectivity index (χ4v) is 2.53. The maximum Gasteiger partial charge on any atom is 0.407 e. The first-order valence-electron chi connectivity index (χ1n) is 8.72. The van der Waals surface area contributed by atoms with Gasteiger partial charge in [0.05, 0.1) is 5.56 Å². The van der Waals surface area contributed by atoms with Crippen LogP contribution in [0.4, 0.5) is 4.79 Å². The van der Waals surface area contributed by atoms with Crippen LogP contribution < -0.4 is 10.6 Å². The van der Waals surface area contributed by atoms with Crippen molar-refractivity contribution in [1.82, 2.24) is 10.6 Å². The summed E-state index contributed by atoms with van der Waals surface area (Å²) in [5.41, 5.74) is 0.435. The number of hydrogen-bond acceptors (Lipinski definition) is 4. The van der Waals surface area contributed by atoms with Gasteiger partial charge in [0.25, 0.3) is 0 Å². The Morgan fingerprint density at radius 2 is 1.81 bits per heavy atom. The topological polar surface area (TPSA) is 105 Å². The van der Waals surface area contributed by atoms with Crippen molar-refractivity contribution in [3.05, 3.63) is 35.4 Å². The zero-order valence-corrected chi connectivity index (χ0v) is 15.4. The summed E-state index contributed by atoms with van der Waals surface area (Å²) in [6.07, 6.45) is 1.66. The van der Waals surface area contributed by atoms with E-state index in [0.717, 1.165) is 18.4 Å². The van der Waals surface area contributed by atoms with Gasteiger partial charge in [0, 0.05) is 19.0 Å². The van der Waals surface area contributed by atoms with Crippen LogP contribution in [0.5, 0.6) is 0 Å². The Balaban J connectivity index is 1.82. The Kier molecular flexibility index (Phi) is 6.23. The molecule has 1 aliphatic carbocycles. The van der Waals surface area contributed by atoms with Crippen LogP contribution in [-0.4, -0.2) is 34.7 Å². The number of aromatic carboxylic acids is 1. The van der Waals surface area contributed by atoms with Crippen molar-refractivity contribution in [3.8, 4) is 0 Å². The van der Waals surface area contributed by atoms with Crippen molar-refractivity contribution in [2.45, 2.75) is 58.2 Å². The van der Waals surface area contributed by atoms with E-state index >= 15 is 0 Å². The van der Waals surface area contributed by atoms with Crippen molar-refractivity contribution in [1.29, 1.82) is 0 Å². The number of carboxylic acids is 1. The molecule has 0 aliphatic heterocycles. The minimum absolute atomic E-state index is 0.166. The third-order valence-corrected chi connectivity index (χ3v) is 3.99. The van der Waals surface area contributed by atoms with Crippen LogP contribution >= 0.6 is 0 Å². The summed E-state index contributed by atoms with van der Waals surface area (Å²) in [4.78, 5) is 35.0. The average Bonchev–Trinajstić information content (AvgIpc) is 3.35. The molecule has 1 aromatic rings. The van der Waals surface area contributed by atoms with E-state index in [1.165, 1.54) is 12.1 Å². The minimum atomic E-state index is -0.985. The van der Waals surface area contributed by atoms with Gasteiger partial charge >= 0.3 is 12.1 Å². The van der Waals surface area contributed by atoms with Crippen LogP contribution in [0.25, 0.3) is 0 Å². The average molecular weight is 362 g/mol. The lowest BCUT2D eigenvalue weighted by Gasteiger charge is -2.23. The molecule has 2 rings (SSSR count). The quantitative estimate of drug-likeness (QED) is 0.692. The first-order valence-corrected chi connectivity index (χ1v) is 8.72. The zero-order valence-electron chi connectivity index (χ0n) is 15.4. The molecule has 1 unspecified atom stereocenters. The van der Waals surface area contributed by atoms with Crippen LogP contribution in [0.2, 0.25) is 0 Å². The normalized spacial score (nSPS) is 15.0. The molecule has 0 aromatic heterocycles.